The number of carbonyl (C=O) groups is 2. The lowest BCUT2D eigenvalue weighted by Gasteiger charge is -2.15. The van der Waals surface area contributed by atoms with Gasteiger partial charge in [0, 0.05) is 11.5 Å². The summed E-state index contributed by atoms with van der Waals surface area (Å²) in [6, 6.07) is 10.6. The van der Waals surface area contributed by atoms with Crippen LogP contribution in [0.5, 0.6) is 0 Å². The molecule has 0 bridgehead atoms. The van der Waals surface area contributed by atoms with Crippen molar-refractivity contribution in [1.82, 2.24) is 5.43 Å². The lowest BCUT2D eigenvalue weighted by atomic mass is 9.90. The van der Waals surface area contributed by atoms with Crippen LogP contribution in [0.3, 0.4) is 0 Å². The number of hydrazone groups is 1. The maximum absolute atomic E-state index is 12.4. The van der Waals surface area contributed by atoms with Crippen LogP contribution in [-0.4, -0.2) is 25.2 Å². The molecule has 1 heterocycles. The third-order valence-corrected chi connectivity index (χ3v) is 6.18. The molecule has 2 fully saturated rings. The number of nitrogens with zero attached hydrogens (tertiary/aromatic N) is 1. The molecule has 3 atom stereocenters. The normalized spacial score (nSPS) is 25.9. The van der Waals surface area contributed by atoms with Gasteiger partial charge in [-0.05, 0) is 48.4 Å². The third kappa shape index (κ3) is 3.35. The molecule has 1 amide bonds. The molecule has 0 aliphatic heterocycles. The summed E-state index contributed by atoms with van der Waals surface area (Å²) in [5.41, 5.74) is 4.05. The van der Waals surface area contributed by atoms with E-state index in [0.717, 1.165) is 18.4 Å². The highest BCUT2D eigenvalue weighted by molar-refractivity contribution is 5.91. The molecular weight excluding hydrogens is 356 g/mol. The van der Waals surface area contributed by atoms with Crippen LogP contribution in [0.25, 0.3) is 11.3 Å². The van der Waals surface area contributed by atoms with Gasteiger partial charge < -0.3 is 9.15 Å². The third-order valence-electron chi connectivity index (χ3n) is 6.18. The highest BCUT2D eigenvalue weighted by atomic mass is 16.5. The molecule has 6 nitrogen and oxygen atoms in total. The molecule has 2 aliphatic carbocycles. The minimum absolute atomic E-state index is 0.00297. The minimum Gasteiger partial charge on any atom is -0.465 e. The van der Waals surface area contributed by atoms with Gasteiger partial charge in [-0.15, -0.1) is 0 Å². The summed E-state index contributed by atoms with van der Waals surface area (Å²) >= 11 is 0. The number of furan rings is 1. The Bertz CT molecular complexity index is 932. The Labute approximate surface area is 164 Å². The summed E-state index contributed by atoms with van der Waals surface area (Å²) in [4.78, 5) is 24.1. The average Bonchev–Trinajstić information content (AvgIpc) is 3.07. The fraction of sp³-hybridized carbons (Fsp3) is 0.409. The van der Waals surface area contributed by atoms with E-state index in [-0.39, 0.29) is 17.2 Å². The van der Waals surface area contributed by atoms with E-state index in [1.54, 1.807) is 30.3 Å². The number of ether oxygens (including phenoxy) is 1. The Morgan fingerprint density at radius 3 is 2.89 bits per heavy atom. The van der Waals surface area contributed by atoms with Crippen LogP contribution in [0.15, 0.2) is 45.9 Å². The Hall–Kier alpha value is -2.89. The number of methoxy groups -OCH3 is 1. The van der Waals surface area contributed by atoms with E-state index in [9.17, 15) is 9.59 Å². The van der Waals surface area contributed by atoms with E-state index in [1.807, 2.05) is 6.07 Å². The summed E-state index contributed by atoms with van der Waals surface area (Å²) < 4.78 is 10.5. The van der Waals surface area contributed by atoms with Crippen molar-refractivity contribution in [2.45, 2.75) is 32.6 Å². The summed E-state index contributed by atoms with van der Waals surface area (Å²) in [5.74, 6) is 1.34. The van der Waals surface area contributed by atoms with Crippen LogP contribution in [0.4, 0.5) is 0 Å². The van der Waals surface area contributed by atoms with Crippen molar-refractivity contribution in [3.8, 4) is 11.3 Å². The van der Waals surface area contributed by atoms with Crippen molar-refractivity contribution >= 4 is 18.1 Å². The predicted molar refractivity (Wildman–Crippen MR) is 105 cm³/mol. The molecule has 2 aromatic rings. The molecule has 28 heavy (non-hydrogen) atoms. The van der Waals surface area contributed by atoms with E-state index < -0.39 is 5.97 Å². The van der Waals surface area contributed by atoms with Crippen LogP contribution < -0.4 is 5.43 Å². The number of fused-ring (bicyclic) bond motifs is 1. The lowest BCUT2D eigenvalue weighted by molar-refractivity contribution is -0.123. The fourth-order valence-corrected chi connectivity index (χ4v) is 4.57. The van der Waals surface area contributed by atoms with Gasteiger partial charge in [0.1, 0.15) is 11.5 Å². The largest absolute Gasteiger partial charge is 0.465 e. The van der Waals surface area contributed by atoms with Crippen LogP contribution in [0.2, 0.25) is 0 Å². The molecule has 4 rings (SSSR count). The number of rotatable bonds is 5. The van der Waals surface area contributed by atoms with Crippen molar-refractivity contribution in [2.24, 2.45) is 22.4 Å². The quantitative estimate of drug-likeness (QED) is 0.483. The van der Waals surface area contributed by atoms with Crippen LogP contribution in [0, 0.1) is 17.3 Å². The van der Waals surface area contributed by atoms with Crippen molar-refractivity contribution in [2.75, 3.05) is 7.11 Å². The maximum Gasteiger partial charge on any atom is 0.337 e. The summed E-state index contributed by atoms with van der Waals surface area (Å²) in [6.45, 7) is 2.21. The molecule has 0 spiro atoms. The van der Waals surface area contributed by atoms with Gasteiger partial charge in [0.15, 0.2) is 0 Å². The molecule has 2 aliphatic rings. The molecule has 3 unspecified atom stereocenters. The molecule has 1 aromatic heterocycles. The first-order chi connectivity index (χ1) is 13.5. The van der Waals surface area contributed by atoms with E-state index >= 15 is 0 Å². The summed E-state index contributed by atoms with van der Waals surface area (Å²) in [5, 5.41) is 4.07. The van der Waals surface area contributed by atoms with Gasteiger partial charge in [-0.1, -0.05) is 31.9 Å². The number of amides is 1. The highest BCUT2D eigenvalue weighted by Crippen LogP contribution is 2.66. The van der Waals surface area contributed by atoms with Gasteiger partial charge in [-0.2, -0.15) is 5.10 Å². The van der Waals surface area contributed by atoms with Crippen molar-refractivity contribution in [3.05, 3.63) is 47.7 Å². The van der Waals surface area contributed by atoms with Gasteiger partial charge in [0.25, 0.3) is 0 Å². The standard InChI is InChI=1S/C22H24N2O4/c1-22-11-4-3-8-17(22)19(22)20(25)24-23-13-16-9-10-18(28-16)14-6-5-7-15(12-14)21(26)27-2/h5-7,9-10,12-13,17,19H,3-4,8,11H2,1-2H3,(H,24,25)/b23-13+. The zero-order chi connectivity index (χ0) is 19.7. The smallest absolute Gasteiger partial charge is 0.337 e. The van der Waals surface area contributed by atoms with Crippen molar-refractivity contribution in [1.29, 1.82) is 0 Å². The topological polar surface area (TPSA) is 80.9 Å². The van der Waals surface area contributed by atoms with Crippen LogP contribution in [-0.2, 0) is 9.53 Å². The maximum atomic E-state index is 12.4. The van der Waals surface area contributed by atoms with Crippen LogP contribution >= 0.6 is 0 Å². The second kappa shape index (κ2) is 7.26. The van der Waals surface area contributed by atoms with Gasteiger partial charge in [-0.25, -0.2) is 10.2 Å². The first-order valence-electron chi connectivity index (χ1n) is 9.64. The number of nitrogens with one attached hydrogen (secondary N) is 1. The summed E-state index contributed by atoms with van der Waals surface area (Å²) in [6.07, 6.45) is 6.21. The Balaban J connectivity index is 1.39. The number of hydrogen-bond donors (Lipinski definition) is 1. The second-order valence-electron chi connectivity index (χ2n) is 7.84. The van der Waals surface area contributed by atoms with E-state index in [1.165, 1.54) is 26.2 Å². The molecule has 146 valence electrons. The van der Waals surface area contributed by atoms with Gasteiger partial charge in [0.2, 0.25) is 5.91 Å². The van der Waals surface area contributed by atoms with Crippen LogP contribution in [0.1, 0.15) is 48.7 Å². The van der Waals surface area contributed by atoms with Crippen molar-refractivity contribution in [3.63, 3.8) is 0 Å². The number of hydrogen-bond acceptors (Lipinski definition) is 5. The van der Waals surface area contributed by atoms with Gasteiger partial charge >= 0.3 is 5.97 Å². The first-order valence-corrected chi connectivity index (χ1v) is 9.64. The zero-order valence-corrected chi connectivity index (χ0v) is 16.1. The monoisotopic (exact) mass is 380 g/mol. The highest BCUT2D eigenvalue weighted by Gasteiger charge is 2.64. The Kier molecular flexibility index (Phi) is 4.79. The van der Waals surface area contributed by atoms with E-state index in [2.05, 4.69) is 17.5 Å². The molecule has 2 saturated carbocycles. The first kappa shape index (κ1) is 18.5. The zero-order valence-electron chi connectivity index (χ0n) is 16.1. The van der Waals surface area contributed by atoms with Gasteiger partial charge in [-0.3, -0.25) is 4.79 Å². The Morgan fingerprint density at radius 2 is 2.14 bits per heavy atom. The number of esters is 1. The SMILES string of the molecule is COC(=O)c1cccc(-c2ccc(/C=N/NC(=O)C3C4CCCCC43C)o2)c1. The average molecular weight is 380 g/mol. The number of carbonyl (C=O) groups excluding carboxylic acids is 2. The van der Waals surface area contributed by atoms with E-state index in [0.29, 0.717) is 23.0 Å². The summed E-state index contributed by atoms with van der Waals surface area (Å²) in [7, 11) is 1.35. The molecular formula is C22H24N2O4. The lowest BCUT2D eigenvalue weighted by Crippen LogP contribution is -2.22. The van der Waals surface area contributed by atoms with Crippen molar-refractivity contribution < 1.29 is 18.7 Å². The Morgan fingerprint density at radius 1 is 1.29 bits per heavy atom. The molecule has 6 heteroatoms. The second-order valence-corrected chi connectivity index (χ2v) is 7.84. The molecule has 1 N–H and O–H groups in total. The fourth-order valence-electron chi connectivity index (χ4n) is 4.57. The molecule has 0 radical (unpaired) electrons. The van der Waals surface area contributed by atoms with Gasteiger partial charge in [0.05, 0.1) is 18.9 Å². The molecule has 0 saturated heterocycles. The predicted octanol–water partition coefficient (Wildman–Crippen LogP) is 4.01. The van der Waals surface area contributed by atoms with E-state index in [4.69, 9.17) is 9.15 Å². The molecule has 1 aromatic carbocycles. The number of benzene rings is 1. The minimum atomic E-state index is -0.396.